The fourth-order valence-electron chi connectivity index (χ4n) is 2.57. The van der Waals surface area contributed by atoms with E-state index in [1.807, 2.05) is 0 Å². The van der Waals surface area contributed by atoms with Gasteiger partial charge in [0, 0.05) is 6.54 Å². The van der Waals surface area contributed by atoms with E-state index in [-0.39, 0.29) is 0 Å². The van der Waals surface area contributed by atoms with Gasteiger partial charge in [-0.15, -0.1) is 0 Å². The second-order valence-electron chi connectivity index (χ2n) is 4.49. The van der Waals surface area contributed by atoms with Crippen molar-refractivity contribution in [3.8, 4) is 0 Å². The lowest BCUT2D eigenvalue weighted by atomic mass is 9.94. The van der Waals surface area contributed by atoms with Crippen LogP contribution in [0.5, 0.6) is 0 Å². The minimum Gasteiger partial charge on any atom is -0.316 e. The zero-order valence-corrected chi connectivity index (χ0v) is 6.98. The Kier molecular flexibility index (Phi) is 1.31. The minimum atomic E-state index is 0.772. The van der Waals surface area contributed by atoms with Gasteiger partial charge < -0.3 is 5.32 Å². The van der Waals surface area contributed by atoms with Crippen LogP contribution in [0, 0.1) is 17.3 Å². The number of nitrogens with one attached hydrogen (secondary N) is 1. The third kappa shape index (κ3) is 0.878. The van der Waals surface area contributed by atoms with Gasteiger partial charge in [0.2, 0.25) is 0 Å². The number of hydrogen-bond acceptors (Lipinski definition) is 1. The van der Waals surface area contributed by atoms with Gasteiger partial charge in [-0.2, -0.15) is 0 Å². The second-order valence-corrected chi connectivity index (χ2v) is 4.49. The molecule has 0 aromatic heterocycles. The first-order valence-corrected chi connectivity index (χ1v) is 4.44. The normalized spacial score (nSPS) is 44.1. The van der Waals surface area contributed by atoms with Gasteiger partial charge >= 0.3 is 0 Å². The molecule has 1 saturated heterocycles. The van der Waals surface area contributed by atoms with Crippen LogP contribution in [0.15, 0.2) is 0 Å². The lowest BCUT2D eigenvalue weighted by Crippen LogP contribution is -2.17. The first-order chi connectivity index (χ1) is 4.73. The summed E-state index contributed by atoms with van der Waals surface area (Å²) < 4.78 is 0. The van der Waals surface area contributed by atoms with E-state index in [9.17, 15) is 0 Å². The van der Waals surface area contributed by atoms with E-state index in [4.69, 9.17) is 0 Å². The molecule has 2 fully saturated rings. The number of rotatable bonds is 2. The van der Waals surface area contributed by atoms with Crippen molar-refractivity contribution < 1.29 is 0 Å². The fourth-order valence-corrected chi connectivity index (χ4v) is 2.57. The Hall–Kier alpha value is -0.0400. The molecule has 58 valence electrons. The molecule has 2 aliphatic rings. The van der Waals surface area contributed by atoms with Crippen LogP contribution in [0.3, 0.4) is 0 Å². The van der Waals surface area contributed by atoms with Crippen LogP contribution in [0.25, 0.3) is 0 Å². The molecule has 1 nitrogen and oxygen atoms in total. The van der Waals surface area contributed by atoms with E-state index in [0.717, 1.165) is 17.3 Å². The Morgan fingerprint density at radius 2 is 2.40 bits per heavy atom. The number of fused-ring (bicyclic) bond motifs is 1. The van der Waals surface area contributed by atoms with E-state index in [0.29, 0.717) is 0 Å². The molecule has 1 aliphatic carbocycles. The highest BCUT2D eigenvalue weighted by Crippen LogP contribution is 2.58. The molecular formula is C9H17N. The maximum atomic E-state index is 3.47. The van der Waals surface area contributed by atoms with Crippen molar-refractivity contribution in [3.63, 3.8) is 0 Å². The maximum Gasteiger partial charge on any atom is 0.00113 e. The molecule has 0 aromatic rings. The molecule has 1 N–H and O–H groups in total. The van der Waals surface area contributed by atoms with E-state index < -0.39 is 0 Å². The lowest BCUT2D eigenvalue weighted by molar-refractivity contribution is 0.393. The van der Waals surface area contributed by atoms with Gasteiger partial charge in [0.25, 0.3) is 0 Å². The zero-order chi connectivity index (χ0) is 7.19. The third-order valence-electron chi connectivity index (χ3n) is 3.04. The third-order valence-corrected chi connectivity index (χ3v) is 3.04. The van der Waals surface area contributed by atoms with Crippen LogP contribution in [-0.2, 0) is 0 Å². The summed E-state index contributed by atoms with van der Waals surface area (Å²) in [6, 6.07) is 0. The molecule has 0 spiro atoms. The monoisotopic (exact) mass is 139 g/mol. The molecule has 2 unspecified atom stereocenters. The van der Waals surface area contributed by atoms with E-state index in [1.54, 1.807) is 0 Å². The van der Waals surface area contributed by atoms with Gasteiger partial charge in [-0.1, -0.05) is 13.8 Å². The lowest BCUT2D eigenvalue weighted by Gasteiger charge is -2.13. The highest BCUT2D eigenvalue weighted by Gasteiger charge is 2.56. The van der Waals surface area contributed by atoms with Crippen molar-refractivity contribution in [1.29, 1.82) is 0 Å². The smallest absolute Gasteiger partial charge is 0.00113 e. The SMILES string of the molecule is CC(C)CC12CNCC1C2. The van der Waals surface area contributed by atoms with Crippen molar-refractivity contribution in [2.45, 2.75) is 26.7 Å². The molecule has 1 heterocycles. The Bertz CT molecular complexity index is 142. The summed E-state index contributed by atoms with van der Waals surface area (Å²) in [5.74, 6) is 1.94. The molecule has 1 aliphatic heterocycles. The molecule has 2 atom stereocenters. The molecule has 0 amide bonds. The highest BCUT2D eigenvalue weighted by atomic mass is 15.0. The summed E-state index contributed by atoms with van der Waals surface area (Å²) in [6.45, 7) is 7.27. The average molecular weight is 139 g/mol. The van der Waals surface area contributed by atoms with Crippen molar-refractivity contribution in [3.05, 3.63) is 0 Å². The van der Waals surface area contributed by atoms with Crippen molar-refractivity contribution in [1.82, 2.24) is 5.32 Å². The van der Waals surface area contributed by atoms with Crippen molar-refractivity contribution in [2.75, 3.05) is 13.1 Å². The van der Waals surface area contributed by atoms with Crippen LogP contribution >= 0.6 is 0 Å². The van der Waals surface area contributed by atoms with E-state index in [2.05, 4.69) is 19.2 Å². The van der Waals surface area contributed by atoms with Gasteiger partial charge in [-0.25, -0.2) is 0 Å². The Morgan fingerprint density at radius 1 is 1.60 bits per heavy atom. The first-order valence-electron chi connectivity index (χ1n) is 4.44. The minimum absolute atomic E-state index is 0.772. The van der Waals surface area contributed by atoms with Crippen molar-refractivity contribution >= 4 is 0 Å². The Morgan fingerprint density at radius 3 is 2.80 bits per heavy atom. The summed E-state index contributed by atoms with van der Waals surface area (Å²) in [6.07, 6.45) is 2.96. The number of hydrogen-bond donors (Lipinski definition) is 1. The Labute approximate surface area is 63.2 Å². The molecule has 0 bridgehead atoms. The van der Waals surface area contributed by atoms with Crippen LogP contribution in [0.1, 0.15) is 26.7 Å². The van der Waals surface area contributed by atoms with Gasteiger partial charge in [0.05, 0.1) is 0 Å². The predicted octanol–water partition coefficient (Wildman–Crippen LogP) is 1.64. The van der Waals surface area contributed by atoms with Gasteiger partial charge in [-0.05, 0) is 36.6 Å². The van der Waals surface area contributed by atoms with Crippen LogP contribution in [-0.4, -0.2) is 13.1 Å². The van der Waals surface area contributed by atoms with Crippen LogP contribution in [0.4, 0.5) is 0 Å². The zero-order valence-electron chi connectivity index (χ0n) is 6.98. The maximum absolute atomic E-state index is 3.47. The van der Waals surface area contributed by atoms with Crippen LogP contribution in [0.2, 0.25) is 0 Å². The van der Waals surface area contributed by atoms with E-state index in [1.165, 1.54) is 25.9 Å². The summed E-state index contributed by atoms with van der Waals surface area (Å²) in [4.78, 5) is 0. The van der Waals surface area contributed by atoms with Crippen molar-refractivity contribution in [2.24, 2.45) is 17.3 Å². The second kappa shape index (κ2) is 1.97. The van der Waals surface area contributed by atoms with Gasteiger partial charge in [0.1, 0.15) is 0 Å². The molecule has 2 rings (SSSR count). The summed E-state index contributed by atoms with van der Waals surface area (Å²) in [7, 11) is 0. The molecule has 10 heavy (non-hydrogen) atoms. The fraction of sp³-hybridized carbons (Fsp3) is 1.00. The highest BCUT2D eigenvalue weighted by molar-refractivity contribution is 5.09. The standard InChI is InChI=1S/C9H17N/c1-7(2)3-9-4-8(9)5-10-6-9/h7-8,10H,3-6H2,1-2H3. The van der Waals surface area contributed by atoms with E-state index >= 15 is 0 Å². The van der Waals surface area contributed by atoms with Gasteiger partial charge in [-0.3, -0.25) is 0 Å². The van der Waals surface area contributed by atoms with Crippen LogP contribution < -0.4 is 5.32 Å². The Balaban J connectivity index is 1.93. The molecule has 1 saturated carbocycles. The number of piperidine rings is 1. The largest absolute Gasteiger partial charge is 0.316 e. The first kappa shape index (κ1) is 6.66. The van der Waals surface area contributed by atoms with Gasteiger partial charge in [0.15, 0.2) is 0 Å². The topological polar surface area (TPSA) is 12.0 Å². The summed E-state index contributed by atoms with van der Waals surface area (Å²) in [5, 5.41) is 3.47. The molecular weight excluding hydrogens is 122 g/mol. The summed E-state index contributed by atoms with van der Waals surface area (Å²) >= 11 is 0. The average Bonchev–Trinajstić information content (AvgIpc) is 2.33. The molecule has 0 radical (unpaired) electrons. The predicted molar refractivity (Wildman–Crippen MR) is 42.9 cm³/mol. The molecule has 0 aromatic carbocycles. The summed E-state index contributed by atoms with van der Waals surface area (Å²) in [5.41, 5.74) is 0.772. The quantitative estimate of drug-likeness (QED) is 0.613. The molecule has 1 heteroatoms.